The van der Waals surface area contributed by atoms with E-state index in [0.717, 1.165) is 32.1 Å². The zero-order valence-electron chi connectivity index (χ0n) is 8.85. The summed E-state index contributed by atoms with van der Waals surface area (Å²) in [4.78, 5) is 31.3. The summed E-state index contributed by atoms with van der Waals surface area (Å²) in [6.45, 7) is -0.594. The van der Waals surface area contributed by atoms with Crippen LogP contribution in [0.2, 0.25) is 0 Å². The zero-order valence-corrected chi connectivity index (χ0v) is 8.85. The minimum atomic E-state index is -1.08. The Morgan fingerprint density at radius 2 is 1.81 bits per heavy atom. The van der Waals surface area contributed by atoms with Crippen LogP contribution >= 0.6 is 0 Å². The highest BCUT2D eigenvalue weighted by molar-refractivity contribution is 6.20. The van der Waals surface area contributed by atoms with E-state index in [1.807, 2.05) is 0 Å². The molecule has 6 nitrogen and oxygen atoms in total. The molecule has 0 atom stereocenters. The number of aldehydes is 1. The van der Waals surface area contributed by atoms with Crippen LogP contribution in [0, 0.1) is 0 Å². The number of hydrogen-bond acceptors (Lipinski definition) is 6. The average Bonchev–Trinajstić information content (AvgIpc) is 2.30. The van der Waals surface area contributed by atoms with E-state index in [1.54, 1.807) is 0 Å². The normalized spacial score (nSPS) is 16.2. The number of carbonyl (C=O) groups is 3. The van der Waals surface area contributed by atoms with Crippen molar-refractivity contribution in [1.29, 1.82) is 0 Å². The Bertz CT molecular complexity index is 256. The van der Waals surface area contributed by atoms with Gasteiger partial charge in [0.1, 0.15) is 6.10 Å². The Kier molecular flexibility index (Phi) is 5.31. The predicted molar refractivity (Wildman–Crippen MR) is 51.5 cm³/mol. The van der Waals surface area contributed by atoms with Gasteiger partial charge in [0.25, 0.3) is 0 Å². The van der Waals surface area contributed by atoms with Gasteiger partial charge < -0.3 is 14.2 Å². The van der Waals surface area contributed by atoms with Gasteiger partial charge in [-0.25, -0.2) is 9.59 Å². The van der Waals surface area contributed by atoms with Gasteiger partial charge in [-0.15, -0.1) is 0 Å². The van der Waals surface area contributed by atoms with Gasteiger partial charge in [-0.2, -0.15) is 0 Å². The second kappa shape index (κ2) is 6.81. The summed E-state index contributed by atoms with van der Waals surface area (Å²) in [5, 5.41) is 0. The summed E-state index contributed by atoms with van der Waals surface area (Å²) in [6, 6.07) is 0. The molecule has 1 aliphatic carbocycles. The fourth-order valence-corrected chi connectivity index (χ4v) is 1.52. The summed E-state index contributed by atoms with van der Waals surface area (Å²) in [7, 11) is 0. The first-order chi connectivity index (χ1) is 7.72. The maximum absolute atomic E-state index is 11.1. The lowest BCUT2D eigenvalue weighted by atomic mass is 9.98. The van der Waals surface area contributed by atoms with Crippen molar-refractivity contribution in [3.63, 3.8) is 0 Å². The number of rotatable bonds is 4. The Balaban J connectivity index is 2.10. The minimum Gasteiger partial charge on any atom is -0.431 e. The van der Waals surface area contributed by atoms with Gasteiger partial charge in [0.15, 0.2) is 0 Å². The van der Waals surface area contributed by atoms with Crippen LogP contribution < -0.4 is 0 Å². The number of carbonyl (C=O) groups excluding carboxylic acids is 3. The van der Waals surface area contributed by atoms with Crippen LogP contribution in [-0.4, -0.2) is 31.3 Å². The Labute approximate surface area is 92.8 Å². The maximum atomic E-state index is 11.1. The SMILES string of the molecule is O=CC(=O)OCOC(=O)OC1CCCCC1. The number of ether oxygens (including phenoxy) is 3. The van der Waals surface area contributed by atoms with Crippen LogP contribution in [0.4, 0.5) is 4.79 Å². The Hall–Kier alpha value is -1.59. The van der Waals surface area contributed by atoms with Crippen molar-refractivity contribution < 1.29 is 28.6 Å². The number of esters is 1. The molecule has 0 saturated heterocycles. The third-order valence-electron chi connectivity index (χ3n) is 2.29. The van der Waals surface area contributed by atoms with Crippen molar-refractivity contribution >= 4 is 18.4 Å². The highest BCUT2D eigenvalue weighted by Crippen LogP contribution is 2.20. The topological polar surface area (TPSA) is 78.9 Å². The van der Waals surface area contributed by atoms with Crippen molar-refractivity contribution in [2.24, 2.45) is 0 Å². The standard InChI is InChI=1S/C10H14O6/c11-6-9(12)14-7-15-10(13)16-8-4-2-1-3-5-8/h6,8H,1-5,7H2. The highest BCUT2D eigenvalue weighted by Gasteiger charge is 2.18. The van der Waals surface area contributed by atoms with Crippen molar-refractivity contribution in [3.05, 3.63) is 0 Å². The van der Waals surface area contributed by atoms with E-state index in [4.69, 9.17) is 4.74 Å². The highest BCUT2D eigenvalue weighted by atomic mass is 16.8. The van der Waals surface area contributed by atoms with Crippen LogP contribution in [0.15, 0.2) is 0 Å². The molecular weight excluding hydrogens is 216 g/mol. The van der Waals surface area contributed by atoms with E-state index in [2.05, 4.69) is 9.47 Å². The lowest BCUT2D eigenvalue weighted by Crippen LogP contribution is -2.22. The lowest BCUT2D eigenvalue weighted by molar-refractivity contribution is -0.157. The molecule has 0 aromatic heterocycles. The van der Waals surface area contributed by atoms with Gasteiger partial charge >= 0.3 is 12.1 Å². The quantitative estimate of drug-likeness (QED) is 0.312. The molecule has 0 aromatic rings. The molecular formula is C10H14O6. The van der Waals surface area contributed by atoms with E-state index in [0.29, 0.717) is 0 Å². The molecule has 0 amide bonds. The van der Waals surface area contributed by atoms with Gasteiger partial charge in [-0.3, -0.25) is 4.79 Å². The molecule has 6 heteroatoms. The van der Waals surface area contributed by atoms with Crippen molar-refractivity contribution in [1.82, 2.24) is 0 Å². The lowest BCUT2D eigenvalue weighted by Gasteiger charge is -2.21. The summed E-state index contributed by atoms with van der Waals surface area (Å²) >= 11 is 0. The fraction of sp³-hybridized carbons (Fsp3) is 0.700. The third kappa shape index (κ3) is 4.77. The molecule has 1 fully saturated rings. The minimum absolute atomic E-state index is 0.00414. The van der Waals surface area contributed by atoms with Crippen molar-refractivity contribution in [2.45, 2.75) is 38.2 Å². The second-order valence-electron chi connectivity index (χ2n) is 3.47. The molecule has 0 heterocycles. The smallest absolute Gasteiger partial charge is 0.431 e. The molecule has 1 saturated carbocycles. The maximum Gasteiger partial charge on any atom is 0.511 e. The van der Waals surface area contributed by atoms with Crippen LogP contribution in [0.3, 0.4) is 0 Å². The molecule has 0 unspecified atom stereocenters. The third-order valence-corrected chi connectivity index (χ3v) is 2.29. The van der Waals surface area contributed by atoms with Crippen molar-refractivity contribution in [2.75, 3.05) is 6.79 Å². The fourth-order valence-electron chi connectivity index (χ4n) is 1.52. The average molecular weight is 230 g/mol. The van der Waals surface area contributed by atoms with Crippen LogP contribution in [0.25, 0.3) is 0 Å². The molecule has 16 heavy (non-hydrogen) atoms. The largest absolute Gasteiger partial charge is 0.511 e. The summed E-state index contributed by atoms with van der Waals surface area (Å²) in [6.07, 6.45) is 3.93. The van der Waals surface area contributed by atoms with Crippen LogP contribution in [0.5, 0.6) is 0 Å². The molecule has 0 bridgehead atoms. The Morgan fingerprint density at radius 1 is 1.12 bits per heavy atom. The molecule has 1 aliphatic rings. The summed E-state index contributed by atoms with van der Waals surface area (Å²) < 4.78 is 13.6. The first-order valence-electron chi connectivity index (χ1n) is 5.17. The first-order valence-corrected chi connectivity index (χ1v) is 5.17. The molecule has 0 aromatic carbocycles. The van der Waals surface area contributed by atoms with E-state index < -0.39 is 18.9 Å². The van der Waals surface area contributed by atoms with E-state index >= 15 is 0 Å². The van der Waals surface area contributed by atoms with Gasteiger partial charge in [-0.05, 0) is 25.7 Å². The number of hydrogen-bond donors (Lipinski definition) is 0. The molecule has 0 N–H and O–H groups in total. The molecule has 90 valence electrons. The van der Waals surface area contributed by atoms with Gasteiger partial charge in [0.2, 0.25) is 13.1 Å². The Morgan fingerprint density at radius 3 is 2.44 bits per heavy atom. The molecule has 1 rings (SSSR count). The van der Waals surface area contributed by atoms with Crippen LogP contribution in [-0.2, 0) is 23.8 Å². The van der Waals surface area contributed by atoms with Gasteiger partial charge in [0, 0.05) is 0 Å². The molecule has 0 aliphatic heterocycles. The van der Waals surface area contributed by atoms with Gasteiger partial charge in [-0.1, -0.05) is 6.42 Å². The summed E-state index contributed by atoms with van der Waals surface area (Å²) in [5.74, 6) is -1.08. The van der Waals surface area contributed by atoms with Gasteiger partial charge in [0.05, 0.1) is 0 Å². The molecule has 0 radical (unpaired) electrons. The molecule has 0 spiro atoms. The summed E-state index contributed by atoms with van der Waals surface area (Å²) in [5.41, 5.74) is 0. The van der Waals surface area contributed by atoms with Crippen LogP contribution in [0.1, 0.15) is 32.1 Å². The van der Waals surface area contributed by atoms with E-state index in [9.17, 15) is 14.4 Å². The van der Waals surface area contributed by atoms with E-state index in [1.165, 1.54) is 0 Å². The predicted octanol–water partition coefficient (Wildman–Crippen LogP) is 1.17. The monoisotopic (exact) mass is 230 g/mol. The first kappa shape index (κ1) is 12.5. The van der Waals surface area contributed by atoms with Crippen molar-refractivity contribution in [3.8, 4) is 0 Å². The zero-order chi connectivity index (χ0) is 11.8. The second-order valence-corrected chi connectivity index (χ2v) is 3.47. The van der Waals surface area contributed by atoms with E-state index in [-0.39, 0.29) is 12.4 Å².